The van der Waals surface area contributed by atoms with Crippen molar-refractivity contribution in [2.45, 2.75) is 11.4 Å². The maximum Gasteiger partial charge on any atom is 0.262 e. The van der Waals surface area contributed by atoms with Crippen LogP contribution in [0.1, 0.15) is 6.42 Å². The molecule has 7 nitrogen and oxygen atoms in total. The largest absolute Gasteiger partial charge is 0.371 e. The van der Waals surface area contributed by atoms with Crippen molar-refractivity contribution in [3.8, 4) is 0 Å². The molecule has 118 valence electrons. The summed E-state index contributed by atoms with van der Waals surface area (Å²) in [4.78, 5) is 7.01. The summed E-state index contributed by atoms with van der Waals surface area (Å²) in [5.74, 6) is 0.390. The predicted octanol–water partition coefficient (Wildman–Crippen LogP) is 1.01. The molecule has 0 aliphatic carbocycles. The van der Waals surface area contributed by atoms with Crippen LogP contribution in [0, 0.1) is 0 Å². The average molecular weight is 331 g/mol. The third-order valence-electron chi connectivity index (χ3n) is 3.19. The molecule has 0 aliphatic heterocycles. The van der Waals surface area contributed by atoms with Crippen LogP contribution in [0.3, 0.4) is 0 Å². The van der Waals surface area contributed by atoms with Gasteiger partial charge in [0, 0.05) is 32.2 Å². The fourth-order valence-corrected chi connectivity index (χ4v) is 4.28. The van der Waals surface area contributed by atoms with Crippen LogP contribution in [0.2, 0.25) is 0 Å². The fraction of sp³-hybridized carbons (Fsp3) is 0.583. The second-order valence-electron chi connectivity index (χ2n) is 5.05. The molecule has 0 fully saturated rings. The lowest BCUT2D eigenvalue weighted by Crippen LogP contribution is -2.31. The van der Waals surface area contributed by atoms with Crippen molar-refractivity contribution in [1.82, 2.24) is 18.6 Å². The highest BCUT2D eigenvalue weighted by molar-refractivity contribution is 7.89. The van der Waals surface area contributed by atoms with Crippen molar-refractivity contribution in [3.63, 3.8) is 0 Å². The molecule has 2 heterocycles. The summed E-state index contributed by atoms with van der Waals surface area (Å²) in [5.41, 5.74) is 0. The van der Waals surface area contributed by atoms with Gasteiger partial charge in [-0.3, -0.25) is 4.40 Å². The Hall–Kier alpha value is -1.16. The summed E-state index contributed by atoms with van der Waals surface area (Å²) in [5, 5.41) is 4.90. The zero-order chi connectivity index (χ0) is 15.6. The Morgan fingerprint density at radius 2 is 2.05 bits per heavy atom. The molecule has 0 aromatic carbocycles. The number of hydrogen-bond acceptors (Lipinski definition) is 6. The van der Waals surface area contributed by atoms with Gasteiger partial charge in [-0.2, -0.15) is 4.31 Å². The lowest BCUT2D eigenvalue weighted by molar-refractivity contribution is 0.370. The fourth-order valence-electron chi connectivity index (χ4n) is 2.05. The number of fused-ring (bicyclic) bond motifs is 1. The molecular formula is C12H21N5O2S2. The summed E-state index contributed by atoms with van der Waals surface area (Å²) >= 11 is 1.41. The molecule has 0 saturated heterocycles. The number of rotatable bonds is 7. The lowest BCUT2D eigenvalue weighted by Gasteiger charge is -2.18. The van der Waals surface area contributed by atoms with Crippen molar-refractivity contribution in [2.24, 2.45) is 0 Å². The molecule has 1 N–H and O–H groups in total. The smallest absolute Gasteiger partial charge is 0.262 e. The highest BCUT2D eigenvalue weighted by atomic mass is 32.2. The van der Waals surface area contributed by atoms with E-state index in [1.807, 2.05) is 24.4 Å². The first-order valence-electron chi connectivity index (χ1n) is 6.62. The molecule has 2 aromatic rings. The first-order valence-corrected chi connectivity index (χ1v) is 8.94. The van der Waals surface area contributed by atoms with Gasteiger partial charge in [-0.1, -0.05) is 0 Å². The molecule has 0 atom stereocenters. The number of nitrogens with one attached hydrogen (secondary N) is 1. The summed E-state index contributed by atoms with van der Waals surface area (Å²) in [6, 6.07) is 0. The molecule has 0 spiro atoms. The molecule has 0 aliphatic rings. The summed E-state index contributed by atoms with van der Waals surface area (Å²) in [6.45, 7) is 1.32. The number of anilines is 1. The maximum absolute atomic E-state index is 12.8. The lowest BCUT2D eigenvalue weighted by atomic mass is 10.4. The third kappa shape index (κ3) is 3.20. The van der Waals surface area contributed by atoms with Gasteiger partial charge in [0.2, 0.25) is 0 Å². The van der Waals surface area contributed by atoms with E-state index in [0.717, 1.165) is 13.0 Å². The highest BCUT2D eigenvalue weighted by Gasteiger charge is 2.29. The Morgan fingerprint density at radius 1 is 1.33 bits per heavy atom. The first kappa shape index (κ1) is 16.2. The topological polar surface area (TPSA) is 70.0 Å². The van der Waals surface area contributed by atoms with E-state index in [4.69, 9.17) is 0 Å². The zero-order valence-corrected chi connectivity index (χ0v) is 14.3. The number of sulfonamides is 1. The minimum atomic E-state index is -3.57. The minimum Gasteiger partial charge on any atom is -0.371 e. The third-order valence-corrected chi connectivity index (χ3v) is 5.83. The molecule has 21 heavy (non-hydrogen) atoms. The van der Waals surface area contributed by atoms with Gasteiger partial charge in [0.1, 0.15) is 0 Å². The second kappa shape index (κ2) is 6.30. The Labute approximate surface area is 129 Å². The van der Waals surface area contributed by atoms with Crippen molar-refractivity contribution in [3.05, 3.63) is 11.6 Å². The normalized spacial score (nSPS) is 12.7. The van der Waals surface area contributed by atoms with Crippen molar-refractivity contribution >= 4 is 32.1 Å². The molecule has 0 unspecified atom stereocenters. The van der Waals surface area contributed by atoms with Crippen molar-refractivity contribution < 1.29 is 8.42 Å². The van der Waals surface area contributed by atoms with E-state index in [2.05, 4.69) is 10.3 Å². The van der Waals surface area contributed by atoms with Crippen LogP contribution >= 0.6 is 11.3 Å². The molecule has 2 aromatic heterocycles. The van der Waals surface area contributed by atoms with Gasteiger partial charge in [-0.25, -0.2) is 13.4 Å². The van der Waals surface area contributed by atoms with Crippen molar-refractivity contribution in [1.29, 1.82) is 0 Å². The van der Waals surface area contributed by atoms with Gasteiger partial charge in [0.15, 0.2) is 15.8 Å². The van der Waals surface area contributed by atoms with Gasteiger partial charge in [0.05, 0.1) is 0 Å². The van der Waals surface area contributed by atoms with Crippen LogP contribution in [0.4, 0.5) is 5.82 Å². The molecule has 0 amide bonds. The molecule has 0 radical (unpaired) electrons. The second-order valence-corrected chi connectivity index (χ2v) is 7.89. The SMILES string of the molecule is CNc1nc2sccn2c1S(=O)(=O)N(C)CCCN(C)C. The number of aromatic nitrogens is 2. The summed E-state index contributed by atoms with van der Waals surface area (Å²) in [6.07, 6.45) is 2.51. The molecule has 9 heteroatoms. The highest BCUT2D eigenvalue weighted by Crippen LogP contribution is 2.27. The van der Waals surface area contributed by atoms with Gasteiger partial charge in [0.25, 0.3) is 10.0 Å². The van der Waals surface area contributed by atoms with Crippen LogP contribution in [-0.4, -0.2) is 68.3 Å². The van der Waals surface area contributed by atoms with Gasteiger partial charge in [-0.15, -0.1) is 11.3 Å². The summed E-state index contributed by atoms with van der Waals surface area (Å²) in [7, 11) is 3.66. The number of hydrogen-bond donors (Lipinski definition) is 1. The van der Waals surface area contributed by atoms with E-state index in [0.29, 0.717) is 17.3 Å². The van der Waals surface area contributed by atoms with Gasteiger partial charge in [-0.05, 0) is 27.1 Å². The van der Waals surface area contributed by atoms with Gasteiger partial charge >= 0.3 is 0 Å². The van der Waals surface area contributed by atoms with Crippen LogP contribution in [0.5, 0.6) is 0 Å². The maximum atomic E-state index is 12.8. The monoisotopic (exact) mass is 331 g/mol. The standard InChI is InChI=1S/C12H21N5O2S2/c1-13-10-11(17-8-9-20-12(17)14-10)21(18,19)16(4)7-5-6-15(2)3/h8-9,13H,5-7H2,1-4H3. The zero-order valence-electron chi connectivity index (χ0n) is 12.7. The Bertz CT molecular complexity index is 704. The number of thiazole rings is 1. The Morgan fingerprint density at radius 3 is 2.67 bits per heavy atom. The minimum absolute atomic E-state index is 0.202. The van der Waals surface area contributed by atoms with Crippen LogP contribution in [0.25, 0.3) is 4.96 Å². The number of nitrogens with zero attached hydrogens (tertiary/aromatic N) is 4. The van der Waals surface area contributed by atoms with E-state index in [9.17, 15) is 8.42 Å². The van der Waals surface area contributed by atoms with E-state index < -0.39 is 10.0 Å². The van der Waals surface area contributed by atoms with E-state index in [1.165, 1.54) is 15.6 Å². The van der Waals surface area contributed by atoms with Crippen molar-refractivity contribution in [2.75, 3.05) is 46.6 Å². The molecular weight excluding hydrogens is 310 g/mol. The predicted molar refractivity (Wildman–Crippen MR) is 85.6 cm³/mol. The van der Waals surface area contributed by atoms with Crippen LogP contribution < -0.4 is 5.32 Å². The Balaban J connectivity index is 2.30. The molecule has 0 saturated carbocycles. The van der Waals surface area contributed by atoms with Gasteiger partial charge < -0.3 is 10.2 Å². The number of imidazole rings is 1. The summed E-state index contributed by atoms with van der Waals surface area (Å²) < 4.78 is 28.6. The first-order chi connectivity index (χ1) is 9.87. The van der Waals surface area contributed by atoms with E-state index in [1.54, 1.807) is 24.7 Å². The quantitative estimate of drug-likeness (QED) is 0.820. The average Bonchev–Trinajstić information content (AvgIpc) is 2.96. The van der Waals surface area contributed by atoms with Crippen LogP contribution in [0.15, 0.2) is 16.6 Å². The molecule has 0 bridgehead atoms. The van der Waals surface area contributed by atoms with Crippen LogP contribution in [-0.2, 0) is 10.0 Å². The molecule has 2 rings (SSSR count). The Kier molecular flexibility index (Phi) is 4.87. The van der Waals surface area contributed by atoms with E-state index in [-0.39, 0.29) is 5.03 Å². The van der Waals surface area contributed by atoms with E-state index >= 15 is 0 Å².